The Bertz CT molecular complexity index is 377. The first-order valence-corrected chi connectivity index (χ1v) is 6.97. The lowest BCUT2D eigenvalue weighted by atomic mass is 10.0. The summed E-state index contributed by atoms with van der Waals surface area (Å²) >= 11 is 0. The van der Waals surface area contributed by atoms with Crippen LogP contribution in [0.15, 0.2) is 30.3 Å². The van der Waals surface area contributed by atoms with Gasteiger partial charge in [-0.15, -0.1) is 0 Å². The molecule has 1 aromatic carbocycles. The fraction of sp³-hybridized carbons (Fsp3) is 0.538. The lowest BCUT2D eigenvalue weighted by Crippen LogP contribution is -2.50. The Hall–Kier alpha value is -0.550. The first kappa shape index (κ1) is 14.9. The zero-order valence-electron chi connectivity index (χ0n) is 10.8. The molecule has 0 amide bonds. The van der Waals surface area contributed by atoms with Gasteiger partial charge in [-0.2, -0.15) is 5.48 Å². The molecule has 1 saturated heterocycles. The fourth-order valence-corrected chi connectivity index (χ4v) is 2.81. The molecule has 0 saturated carbocycles. The first-order chi connectivity index (χ1) is 9.16. The van der Waals surface area contributed by atoms with Crippen molar-refractivity contribution in [3.63, 3.8) is 0 Å². The second kappa shape index (κ2) is 7.29. The molecule has 1 aliphatic rings. The molecule has 1 aliphatic heterocycles. The highest BCUT2D eigenvalue weighted by Crippen LogP contribution is 2.22. The van der Waals surface area contributed by atoms with Gasteiger partial charge in [-0.1, -0.05) is 39.7 Å². The maximum atomic E-state index is 9.21. The molecule has 0 aliphatic carbocycles. The zero-order chi connectivity index (χ0) is 13.7. The molecule has 3 N–H and O–H groups in total. The Kier molecular flexibility index (Phi) is 5.70. The molecule has 2 rings (SSSR count). The second-order valence-corrected chi connectivity index (χ2v) is 5.51. The molecule has 0 spiro atoms. The zero-order valence-corrected chi connectivity index (χ0v) is 11.9. The summed E-state index contributed by atoms with van der Waals surface area (Å²) in [6.07, 6.45) is 0.305. The Labute approximate surface area is 115 Å². The van der Waals surface area contributed by atoms with Gasteiger partial charge < -0.3 is 10.2 Å². The number of hydrogen-bond acceptors (Lipinski definition) is 5. The number of nitrogens with zero attached hydrogens (tertiary/aromatic N) is 1. The highest BCUT2D eigenvalue weighted by molar-refractivity contribution is 7.13. The second-order valence-electron chi connectivity index (χ2n) is 4.84. The van der Waals surface area contributed by atoms with Gasteiger partial charge in [0.15, 0.2) is 6.29 Å². The summed E-state index contributed by atoms with van der Waals surface area (Å²) in [4.78, 5) is 5.49. The molecule has 6 heteroatoms. The van der Waals surface area contributed by atoms with Gasteiger partial charge in [-0.25, -0.2) is 0 Å². The number of rotatable bonds is 5. The van der Waals surface area contributed by atoms with E-state index in [1.54, 1.807) is 0 Å². The van der Waals surface area contributed by atoms with Gasteiger partial charge in [0.2, 0.25) is 0 Å². The van der Waals surface area contributed by atoms with Crippen molar-refractivity contribution in [3.05, 3.63) is 35.9 Å². The minimum Gasteiger partial charge on any atom is -0.367 e. The van der Waals surface area contributed by atoms with Crippen LogP contribution in [0, 0.1) is 0 Å². The third-order valence-electron chi connectivity index (χ3n) is 3.34. The van der Waals surface area contributed by atoms with Crippen LogP contribution < -0.4 is 5.48 Å². The number of aliphatic hydroxyl groups excluding tert-OH is 1. The monoisotopic (exact) mass is 284 g/mol. The molecule has 1 fully saturated rings. The van der Waals surface area contributed by atoms with Crippen LogP contribution in [-0.4, -0.2) is 39.8 Å². The number of hydrogen-bond donors (Lipinski definition) is 3. The molecular weight excluding hydrogens is 263 g/mol. The summed E-state index contributed by atoms with van der Waals surface area (Å²) in [5.74, 6) is 0. The number of aliphatic hydroxyl groups is 2. The van der Waals surface area contributed by atoms with Crippen LogP contribution in [-0.2, 0) is 11.4 Å². The third-order valence-corrected chi connectivity index (χ3v) is 3.94. The van der Waals surface area contributed by atoms with Crippen molar-refractivity contribution >= 4 is 9.39 Å². The molecule has 106 valence electrons. The number of benzene rings is 1. The number of nitrogens with one attached hydrogen (secondary N) is 1. The molecule has 0 aromatic heterocycles. The third kappa shape index (κ3) is 4.49. The van der Waals surface area contributed by atoms with Crippen LogP contribution in [0.25, 0.3) is 0 Å². The standard InChI is InChI=1S/C13H21N2O3P/c16-13(17)12-7-6-11(8-15(12)19)14-18-9-10-4-2-1-3-5-10/h1-5,11-14,16-17H,6-9,19H2/t11-,12+/m1/s1. The fourth-order valence-electron chi connectivity index (χ4n) is 2.25. The molecular formula is C13H21N2O3P. The van der Waals surface area contributed by atoms with E-state index in [4.69, 9.17) is 4.84 Å². The van der Waals surface area contributed by atoms with Gasteiger partial charge in [-0.3, -0.25) is 9.51 Å². The van der Waals surface area contributed by atoms with E-state index in [1.165, 1.54) is 0 Å². The molecule has 3 atom stereocenters. The minimum atomic E-state index is -1.29. The molecule has 0 bridgehead atoms. The Morgan fingerprint density at radius 1 is 1.32 bits per heavy atom. The maximum Gasteiger partial charge on any atom is 0.167 e. The van der Waals surface area contributed by atoms with Crippen molar-refractivity contribution in [3.8, 4) is 0 Å². The largest absolute Gasteiger partial charge is 0.367 e. The van der Waals surface area contributed by atoms with Crippen LogP contribution in [0.4, 0.5) is 0 Å². The van der Waals surface area contributed by atoms with Gasteiger partial charge in [-0.05, 0) is 18.4 Å². The van der Waals surface area contributed by atoms with Crippen LogP contribution in [0.5, 0.6) is 0 Å². The smallest absolute Gasteiger partial charge is 0.167 e. The van der Waals surface area contributed by atoms with Crippen LogP contribution in [0.1, 0.15) is 18.4 Å². The topological polar surface area (TPSA) is 65.0 Å². The summed E-state index contributed by atoms with van der Waals surface area (Å²) < 4.78 is 1.87. The molecule has 5 nitrogen and oxygen atoms in total. The number of piperidine rings is 1. The Morgan fingerprint density at radius 2 is 2.05 bits per heavy atom. The Morgan fingerprint density at radius 3 is 2.68 bits per heavy atom. The van der Waals surface area contributed by atoms with Crippen molar-refractivity contribution in [2.75, 3.05) is 6.54 Å². The van der Waals surface area contributed by atoms with Gasteiger partial charge in [0, 0.05) is 12.6 Å². The highest BCUT2D eigenvalue weighted by Gasteiger charge is 2.29. The molecule has 1 heterocycles. The maximum absolute atomic E-state index is 9.21. The summed E-state index contributed by atoms with van der Waals surface area (Å²) in [5.41, 5.74) is 4.16. The van der Waals surface area contributed by atoms with Gasteiger partial charge in [0.1, 0.15) is 0 Å². The van der Waals surface area contributed by atoms with Crippen molar-refractivity contribution < 1.29 is 15.1 Å². The van der Waals surface area contributed by atoms with E-state index in [-0.39, 0.29) is 12.1 Å². The van der Waals surface area contributed by atoms with Crippen LogP contribution >= 0.6 is 9.39 Å². The first-order valence-electron chi connectivity index (χ1n) is 6.45. The van der Waals surface area contributed by atoms with E-state index in [9.17, 15) is 10.2 Å². The quantitative estimate of drug-likeness (QED) is 0.421. The van der Waals surface area contributed by atoms with E-state index in [0.717, 1.165) is 18.4 Å². The van der Waals surface area contributed by atoms with E-state index in [2.05, 4.69) is 14.9 Å². The van der Waals surface area contributed by atoms with Crippen LogP contribution in [0.3, 0.4) is 0 Å². The summed E-state index contributed by atoms with van der Waals surface area (Å²) in [7, 11) is 2.54. The van der Waals surface area contributed by atoms with Gasteiger partial charge in [0.25, 0.3) is 0 Å². The average Bonchev–Trinajstić information content (AvgIpc) is 2.39. The van der Waals surface area contributed by atoms with E-state index in [1.807, 2.05) is 35.0 Å². The average molecular weight is 284 g/mol. The molecule has 1 aromatic rings. The van der Waals surface area contributed by atoms with Gasteiger partial charge >= 0.3 is 0 Å². The van der Waals surface area contributed by atoms with Gasteiger partial charge in [0.05, 0.1) is 12.6 Å². The summed E-state index contributed by atoms with van der Waals surface area (Å²) in [6.45, 7) is 1.24. The van der Waals surface area contributed by atoms with Crippen molar-refractivity contribution in [1.82, 2.24) is 10.2 Å². The van der Waals surface area contributed by atoms with Crippen LogP contribution in [0.2, 0.25) is 0 Å². The van der Waals surface area contributed by atoms with Crippen molar-refractivity contribution in [1.29, 1.82) is 0 Å². The van der Waals surface area contributed by atoms with E-state index >= 15 is 0 Å². The summed E-state index contributed by atoms with van der Waals surface area (Å²) in [5, 5.41) is 18.4. The predicted molar refractivity (Wildman–Crippen MR) is 75.8 cm³/mol. The minimum absolute atomic E-state index is 0.205. The van der Waals surface area contributed by atoms with Crippen molar-refractivity contribution in [2.24, 2.45) is 0 Å². The lowest BCUT2D eigenvalue weighted by Gasteiger charge is -2.37. The van der Waals surface area contributed by atoms with E-state index < -0.39 is 6.29 Å². The lowest BCUT2D eigenvalue weighted by molar-refractivity contribution is -0.0999. The SMILES string of the molecule is OC(O)[C@@H]1CC[C@@H](NOCc2ccccc2)CN1P. The van der Waals surface area contributed by atoms with E-state index in [0.29, 0.717) is 13.2 Å². The molecule has 19 heavy (non-hydrogen) atoms. The van der Waals surface area contributed by atoms with Crippen molar-refractivity contribution in [2.45, 2.75) is 37.8 Å². The molecule has 1 unspecified atom stereocenters. The predicted octanol–water partition coefficient (Wildman–Crippen LogP) is 0.642. The normalized spacial score (nSPS) is 24.8. The molecule has 0 radical (unpaired) electrons. The number of hydroxylamine groups is 1. The highest BCUT2D eigenvalue weighted by atomic mass is 31.0. The Balaban J connectivity index is 1.70. The summed E-state index contributed by atoms with van der Waals surface area (Å²) in [6, 6.07) is 9.97.